The largest absolute Gasteiger partial charge is 0.550 e. The van der Waals surface area contributed by atoms with Crippen molar-refractivity contribution in [3.05, 3.63) is 48.6 Å². The summed E-state index contributed by atoms with van der Waals surface area (Å²) in [4.78, 5) is 10.2. The molecule has 2 atom stereocenters. The normalized spacial score (nSPS) is 15.1. The fraction of sp³-hybridized carbons (Fsp3) is 0.550. The van der Waals surface area contributed by atoms with Crippen molar-refractivity contribution in [3.63, 3.8) is 0 Å². The maximum Gasteiger partial charge on any atom is 0.0758 e. The van der Waals surface area contributed by atoms with Crippen molar-refractivity contribution in [1.82, 2.24) is 0 Å². The van der Waals surface area contributed by atoms with Crippen LogP contribution in [0.1, 0.15) is 58.3 Å². The van der Waals surface area contributed by atoms with E-state index in [2.05, 4.69) is 13.0 Å². The summed E-state index contributed by atoms with van der Waals surface area (Å²) in [5.74, 6) is -1.09. The molecule has 0 unspecified atom stereocenters. The number of aliphatic hydroxyl groups excluding tert-OH is 2. The fourth-order valence-corrected chi connectivity index (χ4v) is 2.01. The van der Waals surface area contributed by atoms with E-state index in [9.17, 15) is 20.1 Å². The number of aliphatic hydroxyl groups is 2. The lowest BCUT2D eigenvalue weighted by Gasteiger charge is -2.04. The molecule has 0 bridgehead atoms. The molecule has 0 aromatic rings. The smallest absolute Gasteiger partial charge is 0.0758 e. The first-order valence-electron chi connectivity index (χ1n) is 8.78. The monoisotopic (exact) mass is 335 g/mol. The highest BCUT2D eigenvalue weighted by atomic mass is 16.4. The van der Waals surface area contributed by atoms with Crippen LogP contribution in [0.2, 0.25) is 0 Å². The molecule has 0 heterocycles. The molecule has 4 heteroatoms. The van der Waals surface area contributed by atoms with Gasteiger partial charge < -0.3 is 20.1 Å². The summed E-state index contributed by atoms with van der Waals surface area (Å²) in [5.41, 5.74) is 0. The lowest BCUT2D eigenvalue weighted by molar-refractivity contribution is -0.305. The highest BCUT2D eigenvalue weighted by Gasteiger charge is 1.97. The highest BCUT2D eigenvalue weighted by molar-refractivity contribution is 5.64. The lowest BCUT2D eigenvalue weighted by atomic mass is 10.1. The van der Waals surface area contributed by atoms with Crippen molar-refractivity contribution < 1.29 is 20.1 Å². The second-order valence-electron chi connectivity index (χ2n) is 5.76. The van der Waals surface area contributed by atoms with Crippen LogP contribution < -0.4 is 5.11 Å². The van der Waals surface area contributed by atoms with Gasteiger partial charge in [-0.1, -0.05) is 68.4 Å². The van der Waals surface area contributed by atoms with Gasteiger partial charge in [-0.3, -0.25) is 0 Å². The van der Waals surface area contributed by atoms with Gasteiger partial charge in [0.05, 0.1) is 12.2 Å². The average Bonchev–Trinajstić information content (AvgIpc) is 2.53. The third-order valence-electron chi connectivity index (χ3n) is 3.40. The van der Waals surface area contributed by atoms with Gasteiger partial charge in [0.1, 0.15) is 0 Å². The number of rotatable bonds is 14. The van der Waals surface area contributed by atoms with Crippen LogP contribution in [0.25, 0.3) is 0 Å². The van der Waals surface area contributed by atoms with E-state index in [4.69, 9.17) is 0 Å². The van der Waals surface area contributed by atoms with Crippen LogP contribution in [0.5, 0.6) is 0 Å². The molecule has 0 spiro atoms. The first-order chi connectivity index (χ1) is 11.6. The van der Waals surface area contributed by atoms with Crippen molar-refractivity contribution >= 4 is 5.97 Å². The van der Waals surface area contributed by atoms with Crippen LogP contribution in [0.3, 0.4) is 0 Å². The van der Waals surface area contributed by atoms with Crippen LogP contribution in [0, 0.1) is 0 Å². The van der Waals surface area contributed by atoms with Crippen molar-refractivity contribution in [2.75, 3.05) is 0 Å². The van der Waals surface area contributed by atoms with Gasteiger partial charge >= 0.3 is 0 Å². The molecule has 4 nitrogen and oxygen atoms in total. The minimum Gasteiger partial charge on any atom is -0.550 e. The maximum absolute atomic E-state index is 10.2. The second kappa shape index (κ2) is 16.2. The van der Waals surface area contributed by atoms with E-state index in [1.807, 2.05) is 6.08 Å². The topological polar surface area (TPSA) is 80.6 Å². The molecule has 0 rings (SSSR count). The first-order valence-corrected chi connectivity index (χ1v) is 8.78. The van der Waals surface area contributed by atoms with Gasteiger partial charge in [0.25, 0.3) is 0 Å². The van der Waals surface area contributed by atoms with Gasteiger partial charge in [-0.15, -0.1) is 0 Å². The molecule has 136 valence electrons. The number of carbonyl (C=O) groups is 1. The summed E-state index contributed by atoms with van der Waals surface area (Å²) in [5, 5.41) is 29.6. The summed E-state index contributed by atoms with van der Waals surface area (Å²) in [6.07, 6.45) is 19.4. The molecule has 0 aliphatic rings. The predicted molar refractivity (Wildman–Crippen MR) is 96.2 cm³/mol. The quantitative estimate of drug-likeness (QED) is 0.291. The number of carbonyl (C=O) groups excluding carboxylic acids is 1. The van der Waals surface area contributed by atoms with Gasteiger partial charge in [-0.25, -0.2) is 0 Å². The van der Waals surface area contributed by atoms with Crippen molar-refractivity contribution in [3.8, 4) is 0 Å². The Morgan fingerprint density at radius 3 is 2.25 bits per heavy atom. The predicted octanol–water partition coefficient (Wildman–Crippen LogP) is 2.82. The van der Waals surface area contributed by atoms with Gasteiger partial charge in [0.2, 0.25) is 0 Å². The van der Waals surface area contributed by atoms with E-state index in [1.54, 1.807) is 36.5 Å². The summed E-state index contributed by atoms with van der Waals surface area (Å²) >= 11 is 0. The van der Waals surface area contributed by atoms with Crippen molar-refractivity contribution in [2.24, 2.45) is 0 Å². The van der Waals surface area contributed by atoms with Gasteiger partial charge in [0, 0.05) is 5.97 Å². The van der Waals surface area contributed by atoms with Crippen molar-refractivity contribution in [1.29, 1.82) is 0 Å². The summed E-state index contributed by atoms with van der Waals surface area (Å²) in [6, 6.07) is 0. The number of carboxylic acids is 1. The van der Waals surface area contributed by atoms with E-state index in [0.717, 1.165) is 6.42 Å². The van der Waals surface area contributed by atoms with E-state index < -0.39 is 18.2 Å². The Morgan fingerprint density at radius 2 is 1.62 bits per heavy atom. The number of unbranched alkanes of at least 4 members (excludes halogenated alkanes) is 3. The zero-order valence-electron chi connectivity index (χ0n) is 14.6. The average molecular weight is 335 g/mol. The summed E-state index contributed by atoms with van der Waals surface area (Å²) < 4.78 is 0. The van der Waals surface area contributed by atoms with E-state index in [0.29, 0.717) is 19.3 Å². The molecule has 0 aliphatic carbocycles. The van der Waals surface area contributed by atoms with E-state index in [-0.39, 0.29) is 6.42 Å². The SMILES string of the molecule is CCCCC/C=C\C[C@@H](O)/C=C/C=C/C=C\[C@@H](O)CCCC(=O)[O-]. The summed E-state index contributed by atoms with van der Waals surface area (Å²) in [7, 11) is 0. The van der Waals surface area contributed by atoms with Crippen LogP contribution >= 0.6 is 0 Å². The summed E-state index contributed by atoms with van der Waals surface area (Å²) in [6.45, 7) is 2.18. The second-order valence-corrected chi connectivity index (χ2v) is 5.76. The maximum atomic E-state index is 10.2. The Hall–Kier alpha value is -1.65. The Labute approximate surface area is 145 Å². The van der Waals surface area contributed by atoms with Gasteiger partial charge in [-0.2, -0.15) is 0 Å². The van der Waals surface area contributed by atoms with Crippen LogP contribution in [-0.4, -0.2) is 28.4 Å². The molecule has 0 saturated heterocycles. The molecule has 0 aliphatic heterocycles. The standard InChI is InChI=1S/C20H32O4/c1-2-3-4-5-6-9-13-18(21)14-10-7-8-11-15-19(22)16-12-17-20(23)24/h6-11,14-15,18-19,21-22H,2-5,12-13,16-17H2,1H3,(H,23,24)/p-1/b8-7+,9-6-,14-10+,15-11-/t18-,19-/m1/s1. The van der Waals surface area contributed by atoms with Crippen LogP contribution in [-0.2, 0) is 4.79 Å². The fourth-order valence-electron chi connectivity index (χ4n) is 2.01. The Kier molecular flexibility index (Phi) is 15.1. The van der Waals surface area contributed by atoms with Crippen LogP contribution in [0.15, 0.2) is 48.6 Å². The highest BCUT2D eigenvalue weighted by Crippen LogP contribution is 2.03. The molecule has 24 heavy (non-hydrogen) atoms. The van der Waals surface area contributed by atoms with Crippen LogP contribution in [0.4, 0.5) is 0 Å². The number of allylic oxidation sites excluding steroid dienone is 5. The molecule has 0 radical (unpaired) electrons. The third-order valence-corrected chi connectivity index (χ3v) is 3.40. The number of hydrogen-bond donors (Lipinski definition) is 2. The third kappa shape index (κ3) is 16.7. The number of aliphatic carboxylic acids is 1. The Balaban J connectivity index is 3.81. The molecular weight excluding hydrogens is 304 g/mol. The number of hydrogen-bond acceptors (Lipinski definition) is 4. The van der Waals surface area contributed by atoms with Gasteiger partial charge in [0.15, 0.2) is 0 Å². The lowest BCUT2D eigenvalue weighted by Crippen LogP contribution is -2.22. The van der Waals surface area contributed by atoms with Crippen molar-refractivity contribution in [2.45, 2.75) is 70.5 Å². The number of carboxylic acid groups (broad SMARTS) is 1. The minimum absolute atomic E-state index is 0.0333. The van der Waals surface area contributed by atoms with E-state index in [1.165, 1.54) is 19.3 Å². The Bertz CT molecular complexity index is 421. The van der Waals surface area contributed by atoms with Gasteiger partial charge in [-0.05, 0) is 38.5 Å². The molecule has 0 aromatic carbocycles. The Morgan fingerprint density at radius 1 is 0.958 bits per heavy atom. The molecule has 2 N–H and O–H groups in total. The molecule has 0 aromatic heterocycles. The first kappa shape index (κ1) is 22.4. The minimum atomic E-state index is -1.09. The zero-order valence-corrected chi connectivity index (χ0v) is 14.6. The molecule has 0 fully saturated rings. The zero-order chi connectivity index (χ0) is 18.0. The molecule has 0 saturated carbocycles. The molecule has 0 amide bonds. The molecular formula is C20H31O4-. The van der Waals surface area contributed by atoms with E-state index >= 15 is 0 Å².